The van der Waals surface area contributed by atoms with Crippen LogP contribution in [0.3, 0.4) is 0 Å². The number of hydrogen-bond donors (Lipinski definition) is 1. The van der Waals surface area contributed by atoms with E-state index in [1.54, 1.807) is 11.9 Å². The second kappa shape index (κ2) is 7.59. The van der Waals surface area contributed by atoms with Gasteiger partial charge >= 0.3 is 0 Å². The second-order valence-electron chi connectivity index (χ2n) is 6.58. The van der Waals surface area contributed by atoms with E-state index >= 15 is 0 Å². The van der Waals surface area contributed by atoms with Gasteiger partial charge in [-0.25, -0.2) is 0 Å². The highest BCUT2D eigenvalue weighted by Gasteiger charge is 2.33. The summed E-state index contributed by atoms with van der Waals surface area (Å²) in [6.07, 6.45) is 0.229. The molecule has 1 N–H and O–H groups in total. The Morgan fingerprint density at radius 2 is 2.00 bits per heavy atom. The lowest BCUT2D eigenvalue weighted by atomic mass is 10.1. The largest absolute Gasteiger partial charge is 0.353 e. The van der Waals surface area contributed by atoms with Gasteiger partial charge in [0, 0.05) is 32.7 Å². The molecule has 1 aromatic carbocycles. The minimum absolute atomic E-state index is 0.00160. The zero-order chi connectivity index (χ0) is 17.0. The van der Waals surface area contributed by atoms with Crippen LogP contribution in [0.5, 0.6) is 0 Å². The van der Waals surface area contributed by atoms with E-state index < -0.39 is 0 Å². The Morgan fingerprint density at radius 3 is 2.61 bits per heavy atom. The van der Waals surface area contributed by atoms with Gasteiger partial charge < -0.3 is 10.2 Å². The standard InChI is InChI=1S/C18H27N3O2/c1-13(2)21-10-9-19-18(23)16(21)11-17(22)20(4)12-15-7-5-14(3)6-8-15/h5-8,13,16H,9-12H2,1-4H3,(H,19,23). The Hall–Kier alpha value is -1.88. The summed E-state index contributed by atoms with van der Waals surface area (Å²) in [5, 5.41) is 2.87. The first-order chi connectivity index (χ1) is 10.9. The number of nitrogens with zero attached hydrogens (tertiary/aromatic N) is 2. The summed E-state index contributed by atoms with van der Waals surface area (Å²) in [6.45, 7) is 8.18. The summed E-state index contributed by atoms with van der Waals surface area (Å²) in [6, 6.07) is 8.04. The van der Waals surface area contributed by atoms with Crippen LogP contribution in [0.2, 0.25) is 0 Å². The number of benzene rings is 1. The number of amides is 2. The number of rotatable bonds is 5. The Kier molecular flexibility index (Phi) is 5.77. The fourth-order valence-corrected chi connectivity index (χ4v) is 2.94. The third-order valence-electron chi connectivity index (χ3n) is 4.37. The molecule has 0 bridgehead atoms. The van der Waals surface area contributed by atoms with Crippen molar-refractivity contribution < 1.29 is 9.59 Å². The maximum atomic E-state index is 12.5. The Bertz CT molecular complexity index is 554. The molecule has 1 fully saturated rings. The minimum Gasteiger partial charge on any atom is -0.353 e. The predicted octanol–water partition coefficient (Wildman–Crippen LogP) is 1.55. The van der Waals surface area contributed by atoms with Crippen LogP contribution < -0.4 is 5.32 Å². The molecule has 1 unspecified atom stereocenters. The summed E-state index contributed by atoms with van der Waals surface area (Å²) < 4.78 is 0. The van der Waals surface area contributed by atoms with E-state index in [-0.39, 0.29) is 30.3 Å². The molecule has 1 atom stereocenters. The number of carbonyl (C=O) groups is 2. The predicted molar refractivity (Wildman–Crippen MR) is 90.9 cm³/mol. The summed E-state index contributed by atoms with van der Waals surface area (Å²) in [4.78, 5) is 28.5. The van der Waals surface area contributed by atoms with Gasteiger partial charge in [-0.1, -0.05) is 29.8 Å². The molecule has 0 radical (unpaired) electrons. The van der Waals surface area contributed by atoms with Crippen LogP contribution in [-0.2, 0) is 16.1 Å². The highest BCUT2D eigenvalue weighted by molar-refractivity contribution is 5.88. The summed E-state index contributed by atoms with van der Waals surface area (Å²) >= 11 is 0. The van der Waals surface area contributed by atoms with Gasteiger partial charge in [-0.15, -0.1) is 0 Å². The minimum atomic E-state index is -0.364. The number of carbonyl (C=O) groups excluding carboxylic acids is 2. The van der Waals surface area contributed by atoms with E-state index in [9.17, 15) is 9.59 Å². The number of aryl methyl sites for hydroxylation is 1. The first kappa shape index (κ1) is 17.5. The van der Waals surface area contributed by atoms with Gasteiger partial charge in [0.2, 0.25) is 11.8 Å². The van der Waals surface area contributed by atoms with Crippen LogP contribution in [0.25, 0.3) is 0 Å². The van der Waals surface area contributed by atoms with E-state index in [1.165, 1.54) is 5.56 Å². The van der Waals surface area contributed by atoms with E-state index in [0.29, 0.717) is 13.1 Å². The molecule has 1 aliphatic heterocycles. The molecule has 0 spiro atoms. The van der Waals surface area contributed by atoms with E-state index in [0.717, 1.165) is 12.1 Å². The van der Waals surface area contributed by atoms with Crippen molar-refractivity contribution in [3.8, 4) is 0 Å². The molecular weight excluding hydrogens is 290 g/mol. The lowest BCUT2D eigenvalue weighted by Crippen LogP contribution is -2.58. The second-order valence-corrected chi connectivity index (χ2v) is 6.58. The molecule has 1 aliphatic rings. The fraction of sp³-hybridized carbons (Fsp3) is 0.556. The van der Waals surface area contributed by atoms with Crippen molar-refractivity contribution in [1.29, 1.82) is 0 Å². The van der Waals surface area contributed by atoms with Crippen molar-refractivity contribution in [3.05, 3.63) is 35.4 Å². The molecular formula is C18H27N3O2. The lowest BCUT2D eigenvalue weighted by molar-refractivity contribution is -0.139. The fourth-order valence-electron chi connectivity index (χ4n) is 2.94. The summed E-state index contributed by atoms with van der Waals surface area (Å²) in [5.74, 6) is -0.0414. The van der Waals surface area contributed by atoms with Gasteiger partial charge in [-0.3, -0.25) is 14.5 Å². The van der Waals surface area contributed by atoms with Gasteiger partial charge in [0.15, 0.2) is 0 Å². The maximum Gasteiger partial charge on any atom is 0.237 e. The highest BCUT2D eigenvalue weighted by atomic mass is 16.2. The lowest BCUT2D eigenvalue weighted by Gasteiger charge is -2.38. The van der Waals surface area contributed by atoms with Crippen LogP contribution in [0.4, 0.5) is 0 Å². The van der Waals surface area contributed by atoms with Crippen molar-refractivity contribution in [2.24, 2.45) is 0 Å². The van der Waals surface area contributed by atoms with Gasteiger partial charge in [0.05, 0.1) is 12.5 Å². The molecule has 1 saturated heterocycles. The molecule has 1 heterocycles. The van der Waals surface area contributed by atoms with E-state index in [1.807, 2.05) is 31.2 Å². The van der Waals surface area contributed by atoms with Gasteiger partial charge in [-0.2, -0.15) is 0 Å². The van der Waals surface area contributed by atoms with Crippen molar-refractivity contribution in [2.45, 2.75) is 45.8 Å². The first-order valence-corrected chi connectivity index (χ1v) is 8.21. The quantitative estimate of drug-likeness (QED) is 0.896. The van der Waals surface area contributed by atoms with E-state index in [4.69, 9.17) is 0 Å². The molecule has 126 valence electrons. The molecule has 5 heteroatoms. The van der Waals surface area contributed by atoms with Crippen LogP contribution >= 0.6 is 0 Å². The van der Waals surface area contributed by atoms with Crippen molar-refractivity contribution >= 4 is 11.8 Å². The highest BCUT2D eigenvalue weighted by Crippen LogP contribution is 2.15. The molecule has 0 aromatic heterocycles. The summed E-state index contributed by atoms with van der Waals surface area (Å²) in [5.41, 5.74) is 2.30. The SMILES string of the molecule is Cc1ccc(CN(C)C(=O)CC2C(=O)NCCN2C(C)C)cc1. The third-order valence-corrected chi connectivity index (χ3v) is 4.37. The monoisotopic (exact) mass is 317 g/mol. The average Bonchev–Trinajstić information content (AvgIpc) is 2.51. The first-order valence-electron chi connectivity index (χ1n) is 8.21. The normalized spacial score (nSPS) is 18.8. The van der Waals surface area contributed by atoms with E-state index in [2.05, 4.69) is 24.1 Å². The van der Waals surface area contributed by atoms with Gasteiger partial charge in [-0.05, 0) is 26.3 Å². The van der Waals surface area contributed by atoms with Crippen LogP contribution in [0, 0.1) is 6.92 Å². The molecule has 2 rings (SSSR count). The van der Waals surface area contributed by atoms with Crippen molar-refractivity contribution in [2.75, 3.05) is 20.1 Å². The Morgan fingerprint density at radius 1 is 1.35 bits per heavy atom. The van der Waals surface area contributed by atoms with Crippen LogP contribution in [-0.4, -0.2) is 53.8 Å². The van der Waals surface area contributed by atoms with Crippen LogP contribution in [0.1, 0.15) is 31.4 Å². The molecule has 0 saturated carbocycles. The average molecular weight is 317 g/mol. The van der Waals surface area contributed by atoms with Gasteiger partial charge in [0.25, 0.3) is 0 Å². The Balaban J connectivity index is 1.98. The molecule has 1 aromatic rings. The zero-order valence-electron chi connectivity index (χ0n) is 14.5. The molecule has 5 nitrogen and oxygen atoms in total. The number of nitrogens with one attached hydrogen (secondary N) is 1. The smallest absolute Gasteiger partial charge is 0.237 e. The van der Waals surface area contributed by atoms with Crippen LogP contribution in [0.15, 0.2) is 24.3 Å². The Labute approximate surface area is 138 Å². The number of hydrogen-bond acceptors (Lipinski definition) is 3. The molecule has 2 amide bonds. The third kappa shape index (κ3) is 4.55. The zero-order valence-corrected chi connectivity index (χ0v) is 14.5. The molecule has 23 heavy (non-hydrogen) atoms. The maximum absolute atomic E-state index is 12.5. The molecule has 0 aliphatic carbocycles. The van der Waals surface area contributed by atoms with Crippen molar-refractivity contribution in [3.63, 3.8) is 0 Å². The number of piperazine rings is 1. The summed E-state index contributed by atoms with van der Waals surface area (Å²) in [7, 11) is 1.79. The van der Waals surface area contributed by atoms with Gasteiger partial charge in [0.1, 0.15) is 0 Å². The van der Waals surface area contributed by atoms with Crippen molar-refractivity contribution in [1.82, 2.24) is 15.1 Å². The topological polar surface area (TPSA) is 52.7 Å².